The molecule has 1 aliphatic rings. The number of nitrogens with zero attached hydrogens (tertiary/aromatic N) is 2. The number of amides is 1. The van der Waals surface area contributed by atoms with Crippen molar-refractivity contribution < 1.29 is 4.79 Å². The van der Waals surface area contributed by atoms with E-state index in [9.17, 15) is 4.79 Å². The fourth-order valence-corrected chi connectivity index (χ4v) is 2.55. The fraction of sp³-hybridized carbons (Fsp3) is 0.231. The van der Waals surface area contributed by atoms with Crippen LogP contribution in [-0.4, -0.2) is 22.3 Å². The van der Waals surface area contributed by atoms with E-state index in [2.05, 4.69) is 20.9 Å². The first-order valence-corrected chi connectivity index (χ1v) is 6.37. The molecule has 0 bridgehead atoms. The molecule has 0 atom stereocenters. The largest absolute Gasteiger partial charge is 0.333 e. The zero-order valence-corrected chi connectivity index (χ0v) is 11.0. The van der Waals surface area contributed by atoms with Gasteiger partial charge in [0.25, 0.3) is 5.91 Å². The highest BCUT2D eigenvalue weighted by Crippen LogP contribution is 2.26. The van der Waals surface area contributed by atoms with Crippen molar-refractivity contribution in [2.45, 2.75) is 13.5 Å². The van der Waals surface area contributed by atoms with E-state index in [1.54, 1.807) is 0 Å². The molecule has 17 heavy (non-hydrogen) atoms. The van der Waals surface area contributed by atoms with E-state index in [4.69, 9.17) is 0 Å². The fourth-order valence-electron chi connectivity index (χ4n) is 2.17. The maximum absolute atomic E-state index is 12.0. The predicted molar refractivity (Wildman–Crippen MR) is 69.9 cm³/mol. The average Bonchev–Trinajstić information content (AvgIpc) is 2.63. The maximum Gasteiger partial charge on any atom is 0.256 e. The number of hydrogen-bond acceptors (Lipinski definition) is 2. The minimum atomic E-state index is 0.0943. The molecule has 2 aromatic rings. The van der Waals surface area contributed by atoms with E-state index < -0.39 is 0 Å². The number of aromatic nitrogens is 1. The Hall–Kier alpha value is -1.42. The van der Waals surface area contributed by atoms with E-state index in [1.807, 2.05) is 36.1 Å². The quantitative estimate of drug-likeness (QED) is 0.809. The SMILES string of the molecule is CCN1Cc2nc3ccc(Br)cc3cc2C1=O. The average molecular weight is 291 g/mol. The lowest BCUT2D eigenvalue weighted by molar-refractivity contribution is 0.0787. The van der Waals surface area contributed by atoms with Crippen LogP contribution in [0.5, 0.6) is 0 Å². The van der Waals surface area contributed by atoms with Crippen LogP contribution in [0.25, 0.3) is 10.9 Å². The summed E-state index contributed by atoms with van der Waals surface area (Å²) in [7, 11) is 0. The topological polar surface area (TPSA) is 33.2 Å². The Morgan fingerprint density at radius 1 is 1.41 bits per heavy atom. The third-order valence-electron chi connectivity index (χ3n) is 3.10. The Morgan fingerprint density at radius 2 is 2.24 bits per heavy atom. The molecule has 0 spiro atoms. The van der Waals surface area contributed by atoms with Crippen LogP contribution in [0.2, 0.25) is 0 Å². The molecular formula is C13H11BrN2O. The molecule has 0 aliphatic carbocycles. The Kier molecular flexibility index (Phi) is 2.40. The van der Waals surface area contributed by atoms with Gasteiger partial charge in [-0.1, -0.05) is 15.9 Å². The van der Waals surface area contributed by atoms with Crippen molar-refractivity contribution in [1.82, 2.24) is 9.88 Å². The lowest BCUT2D eigenvalue weighted by atomic mass is 10.1. The smallest absolute Gasteiger partial charge is 0.256 e. The van der Waals surface area contributed by atoms with Gasteiger partial charge in [0.1, 0.15) is 0 Å². The zero-order valence-electron chi connectivity index (χ0n) is 9.40. The van der Waals surface area contributed by atoms with Crippen molar-refractivity contribution in [2.24, 2.45) is 0 Å². The zero-order chi connectivity index (χ0) is 12.0. The summed E-state index contributed by atoms with van der Waals surface area (Å²) in [5.74, 6) is 0.0943. The first-order valence-electron chi connectivity index (χ1n) is 5.57. The number of fused-ring (bicyclic) bond motifs is 2. The molecule has 0 unspecified atom stereocenters. The van der Waals surface area contributed by atoms with Crippen LogP contribution in [0.3, 0.4) is 0 Å². The van der Waals surface area contributed by atoms with Crippen molar-refractivity contribution >= 4 is 32.7 Å². The predicted octanol–water partition coefficient (Wildman–Crippen LogP) is 2.97. The van der Waals surface area contributed by atoms with Crippen LogP contribution in [-0.2, 0) is 6.54 Å². The van der Waals surface area contributed by atoms with Gasteiger partial charge in [-0.3, -0.25) is 9.78 Å². The van der Waals surface area contributed by atoms with Crippen LogP contribution in [0, 0.1) is 0 Å². The number of carbonyl (C=O) groups is 1. The van der Waals surface area contributed by atoms with E-state index in [1.165, 1.54) is 0 Å². The molecule has 2 heterocycles. The lowest BCUT2D eigenvalue weighted by Gasteiger charge is -2.10. The molecule has 1 aliphatic heterocycles. The minimum absolute atomic E-state index is 0.0943. The summed E-state index contributed by atoms with van der Waals surface area (Å²) in [4.78, 5) is 18.4. The molecule has 0 radical (unpaired) electrons. The molecule has 1 aromatic carbocycles. The van der Waals surface area contributed by atoms with Crippen LogP contribution >= 0.6 is 15.9 Å². The standard InChI is InChI=1S/C13H11BrN2O/c1-2-16-7-12-10(13(16)17)6-8-5-9(14)3-4-11(8)15-12/h3-6H,2,7H2,1H3. The molecule has 86 valence electrons. The minimum Gasteiger partial charge on any atom is -0.333 e. The van der Waals surface area contributed by atoms with Crippen molar-refractivity contribution in [3.05, 3.63) is 40.0 Å². The molecule has 3 rings (SSSR count). The summed E-state index contributed by atoms with van der Waals surface area (Å²) in [6.45, 7) is 3.35. The van der Waals surface area contributed by atoms with Crippen molar-refractivity contribution in [2.75, 3.05) is 6.54 Å². The van der Waals surface area contributed by atoms with Crippen LogP contribution in [0.1, 0.15) is 23.0 Å². The number of hydrogen-bond donors (Lipinski definition) is 0. The summed E-state index contributed by atoms with van der Waals surface area (Å²) in [6.07, 6.45) is 0. The molecule has 0 saturated heterocycles. The number of rotatable bonds is 1. The van der Waals surface area contributed by atoms with Crippen LogP contribution in [0.15, 0.2) is 28.7 Å². The summed E-state index contributed by atoms with van der Waals surface area (Å²) in [5.41, 5.74) is 2.59. The van der Waals surface area contributed by atoms with E-state index in [0.717, 1.165) is 33.2 Å². The summed E-state index contributed by atoms with van der Waals surface area (Å²) in [5, 5.41) is 1.00. The Bertz CT molecular complexity index is 624. The summed E-state index contributed by atoms with van der Waals surface area (Å²) < 4.78 is 1.00. The van der Waals surface area contributed by atoms with Gasteiger partial charge in [-0.2, -0.15) is 0 Å². The first kappa shape index (κ1) is 10.7. The highest BCUT2D eigenvalue weighted by atomic mass is 79.9. The molecule has 0 saturated carbocycles. The van der Waals surface area contributed by atoms with E-state index >= 15 is 0 Å². The van der Waals surface area contributed by atoms with Crippen molar-refractivity contribution in [1.29, 1.82) is 0 Å². The van der Waals surface area contributed by atoms with Crippen LogP contribution in [0.4, 0.5) is 0 Å². The van der Waals surface area contributed by atoms with Gasteiger partial charge in [0.2, 0.25) is 0 Å². The Labute approximate surface area is 108 Å². The van der Waals surface area contributed by atoms with Crippen molar-refractivity contribution in [3.8, 4) is 0 Å². The van der Waals surface area contributed by atoms with Gasteiger partial charge in [-0.05, 0) is 31.2 Å². The first-order chi connectivity index (χ1) is 8.19. The van der Waals surface area contributed by atoms with Gasteiger partial charge in [0.15, 0.2) is 0 Å². The third kappa shape index (κ3) is 1.63. The van der Waals surface area contributed by atoms with Gasteiger partial charge < -0.3 is 4.90 Å². The maximum atomic E-state index is 12.0. The van der Waals surface area contributed by atoms with Crippen LogP contribution < -0.4 is 0 Å². The molecule has 0 N–H and O–H groups in total. The van der Waals surface area contributed by atoms with Gasteiger partial charge >= 0.3 is 0 Å². The van der Waals surface area contributed by atoms with Gasteiger partial charge in [-0.15, -0.1) is 0 Å². The number of halogens is 1. The highest BCUT2D eigenvalue weighted by molar-refractivity contribution is 9.10. The second-order valence-corrected chi connectivity index (χ2v) is 5.05. The summed E-state index contributed by atoms with van der Waals surface area (Å²) in [6, 6.07) is 7.87. The second kappa shape index (κ2) is 3.81. The van der Waals surface area contributed by atoms with Gasteiger partial charge in [0.05, 0.1) is 23.3 Å². The molecule has 1 amide bonds. The highest BCUT2D eigenvalue weighted by Gasteiger charge is 2.27. The second-order valence-electron chi connectivity index (χ2n) is 4.14. The molecule has 3 nitrogen and oxygen atoms in total. The monoisotopic (exact) mass is 290 g/mol. The summed E-state index contributed by atoms with van der Waals surface area (Å²) >= 11 is 3.43. The molecular weight excluding hydrogens is 280 g/mol. The molecule has 1 aromatic heterocycles. The molecule has 4 heteroatoms. The number of carbonyl (C=O) groups excluding carboxylic acids is 1. The van der Waals surface area contributed by atoms with Crippen molar-refractivity contribution in [3.63, 3.8) is 0 Å². The van der Waals surface area contributed by atoms with E-state index in [-0.39, 0.29) is 5.91 Å². The Balaban J connectivity index is 2.22. The van der Waals surface area contributed by atoms with E-state index in [0.29, 0.717) is 6.54 Å². The third-order valence-corrected chi connectivity index (χ3v) is 3.59. The number of benzene rings is 1. The number of pyridine rings is 1. The van der Waals surface area contributed by atoms with Gasteiger partial charge in [-0.25, -0.2) is 0 Å². The Morgan fingerprint density at radius 3 is 3.00 bits per heavy atom. The van der Waals surface area contributed by atoms with Gasteiger partial charge in [0, 0.05) is 16.4 Å². The normalized spacial score (nSPS) is 14.5. The lowest BCUT2D eigenvalue weighted by Crippen LogP contribution is -2.22. The molecule has 0 fully saturated rings.